The van der Waals surface area contributed by atoms with Gasteiger partial charge in [0, 0.05) is 37.2 Å². The van der Waals surface area contributed by atoms with Crippen LogP contribution in [-0.2, 0) is 12.7 Å². The summed E-state index contributed by atoms with van der Waals surface area (Å²) in [5.74, 6) is 0. The first-order valence-electron chi connectivity index (χ1n) is 10.0. The minimum Gasteiger partial charge on any atom is -0.367 e. The Bertz CT molecular complexity index is 1020. The average molecular weight is 417 g/mol. The Kier molecular flexibility index (Phi) is 4.20. The third-order valence-corrected chi connectivity index (χ3v) is 6.36. The molecule has 0 aliphatic carbocycles. The molecule has 5 heterocycles. The van der Waals surface area contributed by atoms with Crippen molar-refractivity contribution < 1.29 is 18.0 Å². The molecule has 2 saturated heterocycles. The number of carbonyl (C=O) groups is 1. The second-order valence-corrected chi connectivity index (χ2v) is 8.31. The lowest BCUT2D eigenvalue weighted by molar-refractivity contribution is -0.141. The first kappa shape index (κ1) is 19.1. The normalized spacial score (nSPS) is 21.6. The molecule has 0 radical (unpaired) electrons. The highest BCUT2D eigenvalue weighted by atomic mass is 19.4. The second-order valence-electron chi connectivity index (χ2n) is 8.31. The van der Waals surface area contributed by atoms with Gasteiger partial charge in [-0.3, -0.25) is 9.97 Å². The SMILES string of the molecule is Cc1cc(C)c2c(n1)C1CCN(C3CN(c4ccnc(C(F)(F)F)c4)C3)C(=O)N1C2. The van der Waals surface area contributed by atoms with Gasteiger partial charge < -0.3 is 14.7 Å². The van der Waals surface area contributed by atoms with Crippen molar-refractivity contribution in [2.45, 2.75) is 45.1 Å². The van der Waals surface area contributed by atoms with Gasteiger partial charge in [-0.05, 0) is 49.6 Å². The van der Waals surface area contributed by atoms with Crippen LogP contribution in [0, 0.1) is 13.8 Å². The highest BCUT2D eigenvalue weighted by Gasteiger charge is 2.45. The number of hydrogen-bond acceptors (Lipinski definition) is 4. The van der Waals surface area contributed by atoms with Gasteiger partial charge in [-0.25, -0.2) is 4.79 Å². The number of nitrogens with zero attached hydrogens (tertiary/aromatic N) is 5. The Morgan fingerprint density at radius 1 is 1.13 bits per heavy atom. The Labute approximate surface area is 172 Å². The maximum atomic E-state index is 13.2. The molecule has 1 atom stereocenters. The maximum absolute atomic E-state index is 13.2. The van der Waals surface area contributed by atoms with E-state index in [9.17, 15) is 18.0 Å². The summed E-state index contributed by atoms with van der Waals surface area (Å²) in [6, 6.07) is 4.71. The van der Waals surface area contributed by atoms with Crippen LogP contribution in [-0.4, -0.2) is 51.5 Å². The second kappa shape index (κ2) is 6.58. The van der Waals surface area contributed by atoms with E-state index >= 15 is 0 Å². The van der Waals surface area contributed by atoms with Gasteiger partial charge in [-0.1, -0.05) is 0 Å². The van der Waals surface area contributed by atoms with E-state index in [2.05, 4.69) is 11.9 Å². The number of pyridine rings is 2. The number of carbonyl (C=O) groups excluding carboxylic acids is 1. The van der Waals surface area contributed by atoms with Crippen LogP contribution in [0.1, 0.15) is 40.7 Å². The number of alkyl halides is 3. The molecule has 2 amide bonds. The molecule has 3 aliphatic rings. The van der Waals surface area contributed by atoms with Crippen molar-refractivity contribution >= 4 is 11.7 Å². The average Bonchev–Trinajstić information content (AvgIpc) is 3.02. The fourth-order valence-corrected chi connectivity index (χ4v) is 4.79. The van der Waals surface area contributed by atoms with Gasteiger partial charge in [0.15, 0.2) is 0 Å². The zero-order valence-electron chi connectivity index (χ0n) is 16.8. The first-order chi connectivity index (χ1) is 14.2. The van der Waals surface area contributed by atoms with E-state index in [1.165, 1.54) is 11.8 Å². The number of rotatable bonds is 2. The van der Waals surface area contributed by atoms with Crippen LogP contribution >= 0.6 is 0 Å². The number of fused-ring (bicyclic) bond motifs is 3. The molecular formula is C21H22F3N5O. The number of amides is 2. The summed E-state index contributed by atoms with van der Waals surface area (Å²) in [6.45, 7) is 6.28. The van der Waals surface area contributed by atoms with Gasteiger partial charge >= 0.3 is 12.2 Å². The maximum Gasteiger partial charge on any atom is 0.433 e. The monoisotopic (exact) mass is 417 g/mol. The molecule has 30 heavy (non-hydrogen) atoms. The zero-order valence-corrected chi connectivity index (χ0v) is 16.8. The van der Waals surface area contributed by atoms with Gasteiger partial charge in [0.05, 0.1) is 24.3 Å². The molecule has 9 heteroatoms. The number of aromatic nitrogens is 2. The van der Waals surface area contributed by atoms with E-state index < -0.39 is 11.9 Å². The van der Waals surface area contributed by atoms with Crippen molar-refractivity contribution in [1.82, 2.24) is 19.8 Å². The summed E-state index contributed by atoms with van der Waals surface area (Å²) < 4.78 is 38.8. The number of urea groups is 1. The van der Waals surface area contributed by atoms with Crippen LogP contribution in [0.5, 0.6) is 0 Å². The molecule has 0 N–H and O–H groups in total. The fourth-order valence-electron chi connectivity index (χ4n) is 4.79. The molecule has 2 fully saturated rings. The molecule has 2 aromatic rings. The largest absolute Gasteiger partial charge is 0.433 e. The molecular weight excluding hydrogens is 395 g/mol. The van der Waals surface area contributed by atoms with Crippen molar-refractivity contribution in [2.24, 2.45) is 0 Å². The fraction of sp³-hybridized carbons (Fsp3) is 0.476. The molecule has 5 rings (SSSR count). The highest BCUT2D eigenvalue weighted by Crippen LogP contribution is 2.41. The van der Waals surface area contributed by atoms with E-state index in [1.807, 2.05) is 27.7 Å². The molecule has 0 bridgehead atoms. The van der Waals surface area contributed by atoms with Crippen molar-refractivity contribution in [3.8, 4) is 0 Å². The summed E-state index contributed by atoms with van der Waals surface area (Å²) in [6.07, 6.45) is -2.47. The standard InChI is InChI=1S/C21H22F3N5O/c1-12-7-13(2)26-19-16(12)11-29-17(19)4-6-28(20(29)30)15-9-27(10-15)14-3-5-25-18(8-14)21(22,23)24/h3,5,7-8,15,17H,4,6,9-11H2,1-2H3. The minimum atomic E-state index is -4.46. The molecule has 6 nitrogen and oxygen atoms in total. The van der Waals surface area contributed by atoms with E-state index in [0.717, 1.165) is 29.4 Å². The molecule has 1 unspecified atom stereocenters. The Balaban J connectivity index is 1.28. The quantitative estimate of drug-likeness (QED) is 0.748. The van der Waals surface area contributed by atoms with Crippen LogP contribution in [0.25, 0.3) is 0 Å². The van der Waals surface area contributed by atoms with E-state index in [4.69, 9.17) is 4.98 Å². The van der Waals surface area contributed by atoms with Crippen LogP contribution in [0.2, 0.25) is 0 Å². The van der Waals surface area contributed by atoms with Crippen LogP contribution in [0.3, 0.4) is 0 Å². The summed E-state index contributed by atoms with van der Waals surface area (Å²) in [4.78, 5) is 26.9. The van der Waals surface area contributed by atoms with Gasteiger partial charge in [0.25, 0.3) is 0 Å². The summed E-state index contributed by atoms with van der Waals surface area (Å²) >= 11 is 0. The van der Waals surface area contributed by atoms with Crippen molar-refractivity contribution in [1.29, 1.82) is 0 Å². The van der Waals surface area contributed by atoms with E-state index in [-0.39, 0.29) is 18.1 Å². The zero-order chi connectivity index (χ0) is 21.2. The van der Waals surface area contributed by atoms with Crippen molar-refractivity contribution in [3.05, 3.63) is 52.6 Å². The molecule has 0 saturated carbocycles. The third kappa shape index (κ3) is 2.98. The predicted octanol–water partition coefficient (Wildman–Crippen LogP) is 3.68. The highest BCUT2D eigenvalue weighted by molar-refractivity contribution is 5.78. The van der Waals surface area contributed by atoms with Gasteiger partial charge in [-0.2, -0.15) is 13.2 Å². The molecule has 158 valence electrons. The van der Waals surface area contributed by atoms with Crippen LogP contribution < -0.4 is 4.90 Å². The lowest BCUT2D eigenvalue weighted by Gasteiger charge is -2.50. The lowest BCUT2D eigenvalue weighted by Crippen LogP contribution is -2.64. The van der Waals surface area contributed by atoms with Crippen molar-refractivity contribution in [2.75, 3.05) is 24.5 Å². The van der Waals surface area contributed by atoms with Crippen molar-refractivity contribution in [3.63, 3.8) is 0 Å². The predicted molar refractivity (Wildman–Crippen MR) is 104 cm³/mol. The summed E-state index contributed by atoms with van der Waals surface area (Å²) in [7, 11) is 0. The third-order valence-electron chi connectivity index (χ3n) is 6.36. The van der Waals surface area contributed by atoms with Gasteiger partial charge in [-0.15, -0.1) is 0 Å². The van der Waals surface area contributed by atoms with Crippen LogP contribution in [0.4, 0.5) is 23.7 Å². The number of aryl methyl sites for hydroxylation is 2. The molecule has 3 aliphatic heterocycles. The Morgan fingerprint density at radius 2 is 1.90 bits per heavy atom. The summed E-state index contributed by atoms with van der Waals surface area (Å²) in [5.41, 5.74) is 3.89. The summed E-state index contributed by atoms with van der Waals surface area (Å²) in [5, 5.41) is 0. The van der Waals surface area contributed by atoms with Gasteiger partial charge in [0.2, 0.25) is 0 Å². The minimum absolute atomic E-state index is 0.000423. The first-order valence-corrected chi connectivity index (χ1v) is 10.0. The smallest absolute Gasteiger partial charge is 0.367 e. The van der Waals surface area contributed by atoms with E-state index in [0.29, 0.717) is 31.9 Å². The number of halogens is 3. The Morgan fingerprint density at radius 3 is 2.63 bits per heavy atom. The van der Waals surface area contributed by atoms with Crippen LogP contribution in [0.15, 0.2) is 24.4 Å². The molecule has 0 aromatic carbocycles. The van der Waals surface area contributed by atoms with Gasteiger partial charge in [0.1, 0.15) is 5.69 Å². The number of hydrogen-bond donors (Lipinski definition) is 0. The van der Waals surface area contributed by atoms with E-state index in [1.54, 1.807) is 6.07 Å². The molecule has 0 spiro atoms. The Hall–Kier alpha value is -2.84. The number of anilines is 1. The topological polar surface area (TPSA) is 52.6 Å². The molecule has 2 aromatic heterocycles. The lowest BCUT2D eigenvalue weighted by atomic mass is 10.0.